The van der Waals surface area contributed by atoms with E-state index in [-0.39, 0.29) is 29.7 Å². The van der Waals surface area contributed by atoms with Gasteiger partial charge >= 0.3 is 0 Å². The number of nitrogens with zero attached hydrogens (tertiary/aromatic N) is 3. The number of hydrogen-bond acceptors (Lipinski definition) is 8. The fourth-order valence-electron chi connectivity index (χ4n) is 3.58. The molecule has 3 aromatic rings. The molecule has 0 amide bonds. The second-order valence-corrected chi connectivity index (χ2v) is 10.3. The van der Waals surface area contributed by atoms with Crippen LogP contribution in [0.3, 0.4) is 0 Å². The van der Waals surface area contributed by atoms with Crippen molar-refractivity contribution in [2.75, 3.05) is 36.8 Å². The number of aromatic nitrogens is 2. The van der Waals surface area contributed by atoms with Crippen LogP contribution in [0.15, 0.2) is 59.6 Å². The Labute approximate surface area is 236 Å². The molecule has 1 fully saturated rings. The molecule has 0 radical (unpaired) electrons. The van der Waals surface area contributed by atoms with Gasteiger partial charge in [-0.3, -0.25) is 4.90 Å². The molecule has 0 bridgehead atoms. The van der Waals surface area contributed by atoms with Gasteiger partial charge in [0.05, 0.1) is 9.01 Å². The topological polar surface area (TPSA) is 108 Å². The van der Waals surface area contributed by atoms with E-state index in [9.17, 15) is 8.42 Å². The van der Waals surface area contributed by atoms with E-state index < -0.39 is 59.3 Å². The normalized spacial score (nSPS) is 20.7. The first-order valence-electron chi connectivity index (χ1n) is 17.5. The van der Waals surface area contributed by atoms with Crippen molar-refractivity contribution in [3.8, 4) is 5.75 Å². The summed E-state index contributed by atoms with van der Waals surface area (Å²) in [6, 6.07) is 10.9. The Morgan fingerprint density at radius 1 is 1.14 bits per heavy atom. The van der Waals surface area contributed by atoms with Gasteiger partial charge in [-0.15, -0.1) is 0 Å². The Morgan fingerprint density at radius 3 is 2.65 bits per heavy atom. The summed E-state index contributed by atoms with van der Waals surface area (Å²) >= 11 is 0. The second-order valence-electron chi connectivity index (χ2n) is 8.64. The van der Waals surface area contributed by atoms with Crippen LogP contribution in [0.5, 0.6) is 5.75 Å². The number of likely N-dealkylation sites (tertiary alicyclic amines) is 1. The lowest BCUT2D eigenvalue weighted by Gasteiger charge is -2.20. The average molecular weight is 537 g/mol. The van der Waals surface area contributed by atoms with Gasteiger partial charge in [0.15, 0.2) is 0 Å². The van der Waals surface area contributed by atoms with Crippen molar-refractivity contribution in [3.63, 3.8) is 0 Å². The predicted molar refractivity (Wildman–Crippen MR) is 147 cm³/mol. The highest BCUT2D eigenvalue weighted by molar-refractivity contribution is 7.89. The molecule has 37 heavy (non-hydrogen) atoms. The summed E-state index contributed by atoms with van der Waals surface area (Å²) in [6.07, 6.45) is 1.36. The summed E-state index contributed by atoms with van der Waals surface area (Å²) in [4.78, 5) is 9.64. The van der Waals surface area contributed by atoms with Crippen LogP contribution < -0.4 is 20.1 Å². The molecule has 1 saturated heterocycles. The Kier molecular flexibility index (Phi) is 4.72. The smallest absolute Gasteiger partial charge is 0.241 e. The standard InChI is InChI=1S/C27H36N6O3S/c1-20-19-28-26(30-21-10-12-23(13-11-21)36-17-16-33-14-5-6-15-33)31-25(20)29-22-8-7-9-24(18-22)37(34,35)32-27(2,3)4/h7-13,18-19,32H,5-6,14-17H2,1-4H3,(H2,28,29,30,31)/i1D3,2D3,3D3,17D2,19D. The van der Waals surface area contributed by atoms with Gasteiger partial charge in [-0.25, -0.2) is 18.1 Å². The molecule has 3 N–H and O–H groups in total. The first kappa shape index (κ1) is 15.3. The van der Waals surface area contributed by atoms with E-state index in [4.69, 9.17) is 21.2 Å². The molecule has 198 valence electrons. The fourth-order valence-corrected chi connectivity index (χ4v) is 4.78. The number of rotatable bonds is 10. The van der Waals surface area contributed by atoms with Gasteiger partial charge in [0.1, 0.15) is 18.1 Å². The molecule has 10 heteroatoms. The molecular formula is C27H36N6O3S. The monoisotopic (exact) mass is 536 g/mol. The maximum atomic E-state index is 13.2. The molecule has 0 spiro atoms. The van der Waals surface area contributed by atoms with Crippen LogP contribution >= 0.6 is 0 Å². The van der Waals surface area contributed by atoms with E-state index >= 15 is 0 Å². The third-order valence-corrected chi connectivity index (χ3v) is 6.81. The number of benzene rings is 2. The average Bonchev–Trinajstić information content (AvgIpc) is 3.44. The van der Waals surface area contributed by atoms with E-state index in [1.165, 1.54) is 24.3 Å². The number of hydrogen-bond donors (Lipinski definition) is 3. The highest BCUT2D eigenvalue weighted by Crippen LogP contribution is 2.24. The summed E-state index contributed by atoms with van der Waals surface area (Å²) in [5, 5.41) is 5.55. The van der Waals surface area contributed by atoms with Crippen LogP contribution in [-0.2, 0) is 10.0 Å². The second kappa shape index (κ2) is 11.5. The lowest BCUT2D eigenvalue weighted by molar-refractivity contribution is 0.238. The SMILES string of the molecule is [2H]c1nc(Nc2ccc(OC([2H])([2H])CN3CCCC3)cc2)nc(Nc2cccc(S(=O)(=O)NC(C)(C([2H])([2H])[2H])C([2H])([2H])[2H])c2)c1C([2H])([2H])[2H]. The Hall–Kier alpha value is -3.21. The fraction of sp³-hybridized carbons (Fsp3) is 0.407. The summed E-state index contributed by atoms with van der Waals surface area (Å²) < 4.78 is 129. The number of nitrogens with one attached hydrogen (secondary N) is 3. The van der Waals surface area contributed by atoms with Crippen molar-refractivity contribution in [1.29, 1.82) is 0 Å². The molecule has 4 rings (SSSR count). The first-order valence-corrected chi connectivity index (χ1v) is 13.0. The van der Waals surface area contributed by atoms with E-state index in [1.807, 2.05) is 4.90 Å². The molecule has 1 aromatic heterocycles. The third kappa shape index (κ3) is 7.88. The zero-order valence-electron chi connectivity index (χ0n) is 32.1. The Bertz CT molecular complexity index is 1730. The minimum Gasteiger partial charge on any atom is -0.492 e. The third-order valence-electron chi connectivity index (χ3n) is 5.26. The van der Waals surface area contributed by atoms with Crippen molar-refractivity contribution in [1.82, 2.24) is 19.6 Å². The zero-order chi connectivity index (χ0) is 36.6. The molecule has 9 nitrogen and oxygen atoms in total. The Balaban J connectivity index is 1.59. The quantitative estimate of drug-likeness (QED) is 0.338. The highest BCUT2D eigenvalue weighted by Gasteiger charge is 2.22. The van der Waals surface area contributed by atoms with Gasteiger partial charge in [-0.1, -0.05) is 6.07 Å². The van der Waals surface area contributed by atoms with Gasteiger partial charge < -0.3 is 15.4 Å². The van der Waals surface area contributed by atoms with Crippen molar-refractivity contribution >= 4 is 33.2 Å². The van der Waals surface area contributed by atoms with Crippen LogP contribution in [0, 0.1) is 6.85 Å². The predicted octanol–water partition coefficient (Wildman–Crippen LogP) is 4.82. The largest absolute Gasteiger partial charge is 0.492 e. The van der Waals surface area contributed by atoms with Gasteiger partial charge in [-0.2, -0.15) is 4.98 Å². The molecule has 0 unspecified atom stereocenters. The van der Waals surface area contributed by atoms with E-state index in [1.54, 1.807) is 16.9 Å². The molecule has 1 aliphatic heterocycles. The van der Waals surface area contributed by atoms with Crippen LogP contribution in [0.1, 0.15) is 55.5 Å². The van der Waals surface area contributed by atoms with Crippen molar-refractivity contribution in [3.05, 3.63) is 60.3 Å². The number of anilines is 4. The molecule has 1 aliphatic rings. The molecule has 0 atom stereocenters. The zero-order valence-corrected chi connectivity index (χ0v) is 20.9. The molecule has 2 heterocycles. The van der Waals surface area contributed by atoms with E-state index in [0.717, 1.165) is 45.0 Å². The minimum absolute atomic E-state index is 0.0356. The van der Waals surface area contributed by atoms with Crippen LogP contribution in [-0.4, -0.2) is 55.0 Å². The number of ether oxygens (including phenoxy) is 1. The summed E-state index contributed by atoms with van der Waals surface area (Å²) in [5.74, 6) is -0.302. The molecule has 2 aromatic carbocycles. The maximum Gasteiger partial charge on any atom is 0.241 e. The maximum absolute atomic E-state index is 13.2. The van der Waals surface area contributed by atoms with Crippen molar-refractivity contribution in [2.24, 2.45) is 0 Å². The van der Waals surface area contributed by atoms with Gasteiger partial charge in [0.25, 0.3) is 0 Å². The van der Waals surface area contributed by atoms with Crippen LogP contribution in [0.2, 0.25) is 0 Å². The Morgan fingerprint density at radius 2 is 1.92 bits per heavy atom. The molecule has 0 aliphatic carbocycles. The first-order chi connectivity index (χ1) is 22.4. The van der Waals surface area contributed by atoms with Crippen molar-refractivity contribution in [2.45, 2.75) is 50.8 Å². The highest BCUT2D eigenvalue weighted by atomic mass is 32.2. The van der Waals surface area contributed by atoms with E-state index in [0.29, 0.717) is 5.69 Å². The van der Waals surface area contributed by atoms with Gasteiger partial charge in [0, 0.05) is 47.5 Å². The number of sulfonamides is 1. The van der Waals surface area contributed by atoms with Gasteiger partial charge in [0.2, 0.25) is 16.0 Å². The molecule has 0 saturated carbocycles. The molecular weight excluding hydrogens is 488 g/mol. The van der Waals surface area contributed by atoms with Crippen molar-refractivity contribution < 1.29 is 29.6 Å². The van der Waals surface area contributed by atoms with Crippen LogP contribution in [0.25, 0.3) is 0 Å². The minimum atomic E-state index is -4.76. The summed E-state index contributed by atoms with van der Waals surface area (Å²) in [6.45, 7) is -8.81. The summed E-state index contributed by atoms with van der Waals surface area (Å²) in [7, 11) is -4.76. The van der Waals surface area contributed by atoms with Crippen LogP contribution in [0.4, 0.5) is 23.1 Å². The summed E-state index contributed by atoms with van der Waals surface area (Å²) in [5.41, 5.74) is -3.06. The van der Waals surface area contributed by atoms with Gasteiger partial charge in [-0.05, 0) is 95.9 Å². The lowest BCUT2D eigenvalue weighted by atomic mass is 10.1. The van der Waals surface area contributed by atoms with E-state index in [2.05, 4.69) is 20.6 Å². The lowest BCUT2D eigenvalue weighted by Crippen LogP contribution is -2.40.